The summed E-state index contributed by atoms with van der Waals surface area (Å²) < 4.78 is 19.5. The maximum atomic E-state index is 11.1. The molecule has 0 atom stereocenters. The molecule has 1 aromatic carbocycles. The number of nitrogens with zero attached hydrogens (tertiary/aromatic N) is 3. The Morgan fingerprint density at radius 3 is 2.57 bits per heavy atom. The Balaban J connectivity index is 1.72. The highest BCUT2D eigenvalue weighted by atomic mass is 35.5. The fourth-order valence-electron chi connectivity index (χ4n) is 3.52. The van der Waals surface area contributed by atoms with E-state index in [1.807, 2.05) is 56.6 Å². The summed E-state index contributed by atoms with van der Waals surface area (Å²) in [6, 6.07) is 11.0. The summed E-state index contributed by atoms with van der Waals surface area (Å²) in [4.78, 5) is 15.3. The fourth-order valence-corrected chi connectivity index (χ4v) is 3.69. The van der Waals surface area contributed by atoms with Crippen molar-refractivity contribution in [2.24, 2.45) is 0 Å². The third-order valence-electron chi connectivity index (χ3n) is 4.92. The van der Waals surface area contributed by atoms with Crippen LogP contribution in [0.15, 0.2) is 42.6 Å². The molecule has 0 saturated heterocycles. The topological polar surface area (TPSA) is 95.7 Å². The Hall–Kier alpha value is -3.26. The van der Waals surface area contributed by atoms with Gasteiger partial charge in [0.05, 0.1) is 31.8 Å². The number of carbonyl (C=O) groups is 1. The first-order chi connectivity index (χ1) is 16.7. The molecule has 0 aliphatic heterocycles. The van der Waals surface area contributed by atoms with Crippen molar-refractivity contribution in [1.29, 1.82) is 0 Å². The lowest BCUT2D eigenvalue weighted by molar-refractivity contribution is -0.136. The van der Waals surface area contributed by atoms with Crippen LogP contribution in [0.25, 0.3) is 0 Å². The molecule has 0 fully saturated rings. The van der Waals surface area contributed by atoms with Crippen molar-refractivity contribution >= 4 is 17.6 Å². The van der Waals surface area contributed by atoms with Gasteiger partial charge < -0.3 is 19.3 Å². The van der Waals surface area contributed by atoms with E-state index in [0.29, 0.717) is 48.3 Å². The highest BCUT2D eigenvalue weighted by Gasteiger charge is 2.15. The van der Waals surface area contributed by atoms with Crippen LogP contribution in [-0.4, -0.2) is 44.7 Å². The van der Waals surface area contributed by atoms with Gasteiger partial charge in [-0.2, -0.15) is 0 Å². The minimum absolute atomic E-state index is 0.00158. The number of halogens is 1. The first-order valence-corrected chi connectivity index (χ1v) is 12.1. The van der Waals surface area contributed by atoms with Crippen LogP contribution < -0.4 is 14.2 Å². The normalized spacial score (nSPS) is 11.2. The Bertz CT molecular complexity index is 1130. The third kappa shape index (κ3) is 8.17. The number of rotatable bonds is 13. The number of benzene rings is 1. The minimum Gasteiger partial charge on any atom is -0.491 e. The molecule has 3 aromatic rings. The lowest BCUT2D eigenvalue weighted by Gasteiger charge is -2.16. The van der Waals surface area contributed by atoms with Gasteiger partial charge in [-0.1, -0.05) is 23.7 Å². The van der Waals surface area contributed by atoms with Gasteiger partial charge in [-0.05, 0) is 58.7 Å². The zero-order chi connectivity index (χ0) is 25.4. The van der Waals surface area contributed by atoms with E-state index in [4.69, 9.17) is 30.9 Å². The highest BCUT2D eigenvalue weighted by Crippen LogP contribution is 2.27. The molecule has 35 heavy (non-hydrogen) atoms. The standard InChI is InChI=1S/C26H32ClN3O5/c1-17(2)34-23-14-21(27)10-9-20(23)16-30-22(15-24(29-30)35-18(3)4)8-6-12-33-26-19(13-25(31)32)7-5-11-28-26/h5,7,9-11,14-15,17-18H,6,8,12-13,16H2,1-4H3,(H,31,32). The highest BCUT2D eigenvalue weighted by molar-refractivity contribution is 6.30. The summed E-state index contributed by atoms with van der Waals surface area (Å²) in [5.41, 5.74) is 2.51. The van der Waals surface area contributed by atoms with Crippen LogP contribution in [0.4, 0.5) is 0 Å². The van der Waals surface area contributed by atoms with Gasteiger partial charge in [-0.15, -0.1) is 5.10 Å². The summed E-state index contributed by atoms with van der Waals surface area (Å²) in [5, 5.41) is 14.4. The second kappa shape index (κ2) is 12.4. The van der Waals surface area contributed by atoms with E-state index in [0.717, 1.165) is 17.0 Å². The third-order valence-corrected chi connectivity index (χ3v) is 5.15. The van der Waals surface area contributed by atoms with Crippen molar-refractivity contribution in [3.05, 3.63) is 64.4 Å². The molecule has 0 radical (unpaired) electrons. The molecular weight excluding hydrogens is 470 g/mol. The van der Waals surface area contributed by atoms with Crippen molar-refractivity contribution in [1.82, 2.24) is 14.8 Å². The summed E-state index contributed by atoms with van der Waals surface area (Å²) >= 11 is 6.20. The van der Waals surface area contributed by atoms with Gasteiger partial charge in [-0.3, -0.25) is 9.48 Å². The van der Waals surface area contributed by atoms with Crippen molar-refractivity contribution in [2.75, 3.05) is 6.61 Å². The molecule has 0 bridgehead atoms. The molecular formula is C26H32ClN3O5. The van der Waals surface area contributed by atoms with Gasteiger partial charge in [0.25, 0.3) is 0 Å². The van der Waals surface area contributed by atoms with Crippen molar-refractivity contribution < 1.29 is 24.1 Å². The number of aromatic nitrogens is 3. The van der Waals surface area contributed by atoms with Crippen LogP contribution in [0, 0.1) is 0 Å². The van der Waals surface area contributed by atoms with Gasteiger partial charge in [0.15, 0.2) is 0 Å². The van der Waals surface area contributed by atoms with Crippen LogP contribution in [-0.2, 0) is 24.2 Å². The molecule has 3 rings (SSSR count). The van der Waals surface area contributed by atoms with Crippen LogP contribution in [0.1, 0.15) is 50.9 Å². The molecule has 2 aromatic heterocycles. The summed E-state index contributed by atoms with van der Waals surface area (Å²) in [5.74, 6) is 0.714. The SMILES string of the molecule is CC(C)Oc1cc(CCCOc2ncccc2CC(=O)O)n(Cc2ccc(Cl)cc2OC(C)C)n1. The number of pyridine rings is 1. The van der Waals surface area contributed by atoms with Crippen LogP contribution >= 0.6 is 11.6 Å². The molecule has 0 unspecified atom stereocenters. The van der Waals surface area contributed by atoms with Crippen LogP contribution in [0.2, 0.25) is 5.02 Å². The molecule has 0 spiro atoms. The number of aryl methyl sites for hydroxylation is 1. The van der Waals surface area contributed by atoms with Gasteiger partial charge >= 0.3 is 5.97 Å². The van der Waals surface area contributed by atoms with Crippen molar-refractivity contribution in [3.8, 4) is 17.5 Å². The van der Waals surface area contributed by atoms with Gasteiger partial charge in [0.1, 0.15) is 5.75 Å². The molecule has 9 heteroatoms. The molecule has 1 N–H and O–H groups in total. The number of aliphatic carboxylic acids is 1. The zero-order valence-electron chi connectivity index (χ0n) is 20.5. The molecule has 8 nitrogen and oxygen atoms in total. The van der Waals surface area contributed by atoms with E-state index in [9.17, 15) is 4.79 Å². The quantitative estimate of drug-likeness (QED) is 0.322. The Morgan fingerprint density at radius 1 is 1.09 bits per heavy atom. The summed E-state index contributed by atoms with van der Waals surface area (Å²) in [7, 11) is 0. The number of hydrogen-bond acceptors (Lipinski definition) is 6. The van der Waals surface area contributed by atoms with Crippen molar-refractivity contribution in [3.63, 3.8) is 0 Å². The number of carboxylic acid groups (broad SMARTS) is 1. The Morgan fingerprint density at radius 2 is 1.86 bits per heavy atom. The molecule has 0 amide bonds. The average molecular weight is 502 g/mol. The predicted molar refractivity (Wildman–Crippen MR) is 134 cm³/mol. The van der Waals surface area contributed by atoms with Crippen molar-refractivity contribution in [2.45, 2.75) is 65.7 Å². The maximum absolute atomic E-state index is 11.1. The summed E-state index contributed by atoms with van der Waals surface area (Å²) in [6.45, 7) is 8.76. The van der Waals surface area contributed by atoms with Gasteiger partial charge in [0.2, 0.25) is 11.8 Å². The number of ether oxygens (including phenoxy) is 3. The Labute approximate surface area is 210 Å². The lowest BCUT2D eigenvalue weighted by atomic mass is 10.2. The van der Waals surface area contributed by atoms with E-state index in [-0.39, 0.29) is 18.6 Å². The molecule has 0 aliphatic carbocycles. The maximum Gasteiger partial charge on any atom is 0.308 e. The van der Waals surface area contributed by atoms with Crippen LogP contribution in [0.5, 0.6) is 17.5 Å². The average Bonchev–Trinajstić information content (AvgIpc) is 3.13. The first-order valence-electron chi connectivity index (χ1n) is 11.7. The van der Waals surface area contributed by atoms with E-state index in [2.05, 4.69) is 10.1 Å². The Kier molecular flexibility index (Phi) is 9.37. The monoisotopic (exact) mass is 501 g/mol. The predicted octanol–water partition coefficient (Wildman–Crippen LogP) is 5.19. The number of carboxylic acids is 1. The van der Waals surface area contributed by atoms with E-state index in [1.165, 1.54) is 0 Å². The molecule has 2 heterocycles. The second-order valence-corrected chi connectivity index (χ2v) is 9.14. The van der Waals surface area contributed by atoms with E-state index >= 15 is 0 Å². The first kappa shape index (κ1) is 26.3. The van der Waals surface area contributed by atoms with Gasteiger partial charge in [-0.25, -0.2) is 4.98 Å². The van der Waals surface area contributed by atoms with Crippen LogP contribution in [0.3, 0.4) is 0 Å². The lowest BCUT2D eigenvalue weighted by Crippen LogP contribution is -2.12. The second-order valence-electron chi connectivity index (χ2n) is 8.71. The fraction of sp³-hybridized carbons (Fsp3) is 0.423. The summed E-state index contributed by atoms with van der Waals surface area (Å²) in [6.07, 6.45) is 2.85. The smallest absolute Gasteiger partial charge is 0.308 e. The molecule has 0 saturated carbocycles. The number of hydrogen-bond donors (Lipinski definition) is 1. The largest absolute Gasteiger partial charge is 0.491 e. The van der Waals surface area contributed by atoms with E-state index in [1.54, 1.807) is 18.3 Å². The van der Waals surface area contributed by atoms with E-state index < -0.39 is 5.97 Å². The molecule has 0 aliphatic rings. The minimum atomic E-state index is -0.924. The van der Waals surface area contributed by atoms with Gasteiger partial charge in [0, 0.05) is 34.1 Å². The zero-order valence-corrected chi connectivity index (χ0v) is 21.3. The molecule has 188 valence electrons.